The first-order chi connectivity index (χ1) is 16.8. The van der Waals surface area contributed by atoms with Crippen LogP contribution in [0.5, 0.6) is 0 Å². The Hall–Kier alpha value is -4.17. The van der Waals surface area contributed by atoms with E-state index < -0.39 is 21.5 Å². The summed E-state index contributed by atoms with van der Waals surface area (Å²) in [7, 11) is -4.11. The summed E-state index contributed by atoms with van der Waals surface area (Å²) >= 11 is 0. The number of hydrogen-bond donors (Lipinski definition) is 1. The lowest BCUT2D eigenvalue weighted by Crippen LogP contribution is -2.32. The SMILES string of the molecule is Cc1ccc(S(=O)(=O)n2nc(NC(=O)[O-])c3c2CC(c2ccccc2)(c2ccccc2)C=C3)cc1. The molecule has 0 saturated heterocycles. The number of benzene rings is 3. The molecule has 4 aromatic rings. The zero-order valence-electron chi connectivity index (χ0n) is 18.9. The van der Waals surface area contributed by atoms with Crippen molar-refractivity contribution < 1.29 is 18.3 Å². The summed E-state index contributed by atoms with van der Waals surface area (Å²) in [6.45, 7) is 1.87. The molecule has 8 heteroatoms. The quantitative estimate of drug-likeness (QED) is 0.465. The third kappa shape index (κ3) is 3.91. The number of aromatic nitrogens is 2. The molecule has 7 nitrogen and oxygen atoms in total. The van der Waals surface area contributed by atoms with Crippen molar-refractivity contribution in [3.05, 3.63) is 119 Å². The minimum Gasteiger partial charge on any atom is -0.530 e. The lowest BCUT2D eigenvalue weighted by Gasteiger charge is -2.35. The molecule has 1 aromatic heterocycles. The Morgan fingerprint density at radius 3 is 2.06 bits per heavy atom. The first kappa shape index (κ1) is 22.6. The van der Waals surface area contributed by atoms with Gasteiger partial charge in [0.25, 0.3) is 10.0 Å². The summed E-state index contributed by atoms with van der Waals surface area (Å²) < 4.78 is 28.3. The van der Waals surface area contributed by atoms with Crippen molar-refractivity contribution >= 4 is 28.0 Å². The molecule has 1 aliphatic carbocycles. The second-order valence-corrected chi connectivity index (χ2v) is 10.3. The van der Waals surface area contributed by atoms with Gasteiger partial charge in [-0.25, -0.2) is 0 Å². The van der Waals surface area contributed by atoms with Crippen molar-refractivity contribution in [1.29, 1.82) is 0 Å². The van der Waals surface area contributed by atoms with Gasteiger partial charge in [0.1, 0.15) is 6.09 Å². The van der Waals surface area contributed by atoms with Crippen LogP contribution in [-0.4, -0.2) is 23.7 Å². The van der Waals surface area contributed by atoms with Crippen LogP contribution in [0.4, 0.5) is 10.6 Å². The molecule has 1 amide bonds. The van der Waals surface area contributed by atoms with Crippen molar-refractivity contribution in [2.24, 2.45) is 0 Å². The van der Waals surface area contributed by atoms with Gasteiger partial charge in [0.05, 0.1) is 10.6 Å². The van der Waals surface area contributed by atoms with Gasteiger partial charge >= 0.3 is 0 Å². The molecule has 5 rings (SSSR count). The zero-order valence-corrected chi connectivity index (χ0v) is 19.7. The van der Waals surface area contributed by atoms with Crippen LogP contribution in [0.3, 0.4) is 0 Å². The van der Waals surface area contributed by atoms with E-state index in [4.69, 9.17) is 0 Å². The largest absolute Gasteiger partial charge is 0.530 e. The number of carboxylic acid groups (broad SMARTS) is 1. The van der Waals surface area contributed by atoms with E-state index in [0.717, 1.165) is 20.8 Å². The number of nitrogens with zero attached hydrogens (tertiary/aromatic N) is 2. The van der Waals surface area contributed by atoms with Crippen LogP contribution in [-0.2, 0) is 21.9 Å². The smallest absolute Gasteiger partial charge is 0.283 e. The van der Waals surface area contributed by atoms with Crippen molar-refractivity contribution in [3.63, 3.8) is 0 Å². The van der Waals surface area contributed by atoms with Crippen molar-refractivity contribution in [2.75, 3.05) is 5.32 Å². The molecule has 1 N–H and O–H groups in total. The fraction of sp³-hybridized carbons (Fsp3) is 0.111. The van der Waals surface area contributed by atoms with Crippen molar-refractivity contribution in [2.45, 2.75) is 23.7 Å². The van der Waals surface area contributed by atoms with E-state index in [2.05, 4.69) is 10.4 Å². The maximum atomic E-state index is 13.7. The van der Waals surface area contributed by atoms with Crippen LogP contribution >= 0.6 is 0 Å². The molecule has 3 aromatic carbocycles. The van der Waals surface area contributed by atoms with Crippen LogP contribution < -0.4 is 10.4 Å². The highest BCUT2D eigenvalue weighted by Gasteiger charge is 2.39. The number of rotatable bonds is 5. The van der Waals surface area contributed by atoms with Crippen LogP contribution in [0.25, 0.3) is 6.08 Å². The molecule has 0 unspecified atom stereocenters. The molecule has 176 valence electrons. The number of carbonyl (C=O) groups excluding carboxylic acids is 1. The number of anilines is 1. The van der Waals surface area contributed by atoms with Gasteiger partial charge in [0.15, 0.2) is 5.82 Å². The van der Waals surface area contributed by atoms with Gasteiger partial charge in [-0.2, -0.15) is 12.5 Å². The molecule has 0 aliphatic heterocycles. The Labute approximate surface area is 203 Å². The summed E-state index contributed by atoms with van der Waals surface area (Å²) in [6, 6.07) is 26.0. The number of carbonyl (C=O) groups is 1. The summed E-state index contributed by atoms with van der Waals surface area (Å²) in [6.07, 6.45) is 2.39. The van der Waals surface area contributed by atoms with Gasteiger partial charge in [-0.05, 0) is 30.2 Å². The van der Waals surface area contributed by atoms with Crippen molar-refractivity contribution in [1.82, 2.24) is 9.19 Å². The number of fused-ring (bicyclic) bond motifs is 1. The number of allylic oxidation sites excluding steroid dienone is 1. The van der Waals surface area contributed by atoms with Crippen LogP contribution in [0, 0.1) is 6.92 Å². The Morgan fingerprint density at radius 1 is 0.943 bits per heavy atom. The molecule has 0 radical (unpaired) electrons. The van der Waals surface area contributed by atoms with E-state index in [1.54, 1.807) is 18.2 Å². The first-order valence-electron chi connectivity index (χ1n) is 11.0. The summed E-state index contributed by atoms with van der Waals surface area (Å²) in [5.41, 5.74) is 2.96. The zero-order chi connectivity index (χ0) is 24.6. The van der Waals surface area contributed by atoms with Crippen molar-refractivity contribution in [3.8, 4) is 0 Å². The predicted octanol–water partition coefficient (Wildman–Crippen LogP) is 3.74. The highest BCUT2D eigenvalue weighted by atomic mass is 32.2. The molecular formula is C27H22N3O4S-. The maximum Gasteiger partial charge on any atom is 0.283 e. The second-order valence-electron chi connectivity index (χ2n) is 8.50. The minimum atomic E-state index is -4.11. The lowest BCUT2D eigenvalue weighted by molar-refractivity contribution is -0.242. The molecule has 1 heterocycles. The highest BCUT2D eigenvalue weighted by molar-refractivity contribution is 7.89. The number of hydrogen-bond acceptors (Lipinski definition) is 5. The Bertz CT molecular complexity index is 1490. The fourth-order valence-electron chi connectivity index (χ4n) is 4.56. The van der Waals surface area contributed by atoms with Gasteiger partial charge in [0, 0.05) is 17.4 Å². The molecule has 0 saturated carbocycles. The van der Waals surface area contributed by atoms with Gasteiger partial charge < -0.3 is 15.2 Å². The molecule has 0 bridgehead atoms. The Balaban J connectivity index is 1.74. The number of aryl methyl sites for hydroxylation is 1. The lowest BCUT2D eigenvalue weighted by atomic mass is 9.68. The Morgan fingerprint density at radius 2 is 1.51 bits per heavy atom. The van der Waals surface area contributed by atoms with E-state index in [-0.39, 0.29) is 17.1 Å². The van der Waals surface area contributed by atoms with Gasteiger partial charge in [-0.1, -0.05) is 90.5 Å². The molecule has 35 heavy (non-hydrogen) atoms. The van der Waals surface area contributed by atoms with Gasteiger partial charge in [-0.15, -0.1) is 5.10 Å². The van der Waals surface area contributed by atoms with Crippen LogP contribution in [0.1, 0.15) is 27.9 Å². The number of amides is 1. The van der Waals surface area contributed by atoms with E-state index in [1.807, 2.05) is 73.7 Å². The third-order valence-electron chi connectivity index (χ3n) is 6.31. The number of nitrogens with one attached hydrogen (secondary N) is 1. The summed E-state index contributed by atoms with van der Waals surface area (Å²) in [4.78, 5) is 11.4. The van der Waals surface area contributed by atoms with E-state index >= 15 is 0 Å². The standard InChI is InChI=1S/C27H23N3O4S/c1-19-12-14-22(15-13-19)35(33,34)30-24-18-27(20-8-4-2-5-9-20,21-10-6-3-7-11-21)17-16-23(24)25(29-30)28-26(31)32/h2-17H,18H2,1H3,(H,28,29)(H,31,32)/p-1. The summed E-state index contributed by atoms with van der Waals surface area (Å²) in [5.74, 6) is -0.0818. The Kier molecular flexibility index (Phi) is 5.53. The molecular weight excluding hydrogens is 462 g/mol. The maximum absolute atomic E-state index is 13.7. The van der Waals surface area contributed by atoms with Crippen LogP contribution in [0.2, 0.25) is 0 Å². The van der Waals surface area contributed by atoms with Gasteiger partial charge in [0.2, 0.25) is 0 Å². The predicted molar refractivity (Wildman–Crippen MR) is 131 cm³/mol. The molecule has 0 atom stereocenters. The fourth-order valence-corrected chi connectivity index (χ4v) is 5.89. The highest BCUT2D eigenvalue weighted by Crippen LogP contribution is 2.43. The van der Waals surface area contributed by atoms with E-state index in [0.29, 0.717) is 11.3 Å². The third-order valence-corrected chi connectivity index (χ3v) is 7.94. The summed E-state index contributed by atoms with van der Waals surface area (Å²) in [5, 5.41) is 17.7. The molecule has 1 aliphatic rings. The van der Waals surface area contributed by atoms with E-state index in [1.165, 1.54) is 12.1 Å². The average molecular weight is 485 g/mol. The molecule has 0 spiro atoms. The second kappa shape index (κ2) is 8.56. The van der Waals surface area contributed by atoms with Crippen LogP contribution in [0.15, 0.2) is 95.9 Å². The average Bonchev–Trinajstić information content (AvgIpc) is 3.22. The normalized spacial score (nSPS) is 14.3. The van der Waals surface area contributed by atoms with Gasteiger partial charge in [-0.3, -0.25) is 0 Å². The first-order valence-corrected chi connectivity index (χ1v) is 12.5. The monoisotopic (exact) mass is 484 g/mol. The van der Waals surface area contributed by atoms with E-state index in [9.17, 15) is 18.3 Å². The topological polar surface area (TPSA) is 104 Å². The molecule has 0 fully saturated rings. The minimum absolute atomic E-state index is 0.0629.